The third-order valence-corrected chi connectivity index (χ3v) is 8.68. The van der Waals surface area contributed by atoms with Crippen molar-refractivity contribution in [1.82, 2.24) is 5.16 Å². The molecule has 0 aliphatic heterocycles. The van der Waals surface area contributed by atoms with Crippen LogP contribution >= 0.6 is 0 Å². The van der Waals surface area contributed by atoms with Gasteiger partial charge in [-0.25, -0.2) is 0 Å². The summed E-state index contributed by atoms with van der Waals surface area (Å²) in [5.41, 5.74) is 1.93. The molecule has 22 heavy (non-hydrogen) atoms. The molecule has 0 N–H and O–H groups in total. The predicted octanol–water partition coefficient (Wildman–Crippen LogP) is 4.85. The Balaban J connectivity index is 2.26. The number of aldehydes is 1. The third-order valence-electron chi connectivity index (χ3n) is 4.32. The van der Waals surface area contributed by atoms with E-state index in [1.807, 2.05) is 24.3 Å². The van der Waals surface area contributed by atoms with Crippen LogP contribution < -0.4 is 4.43 Å². The summed E-state index contributed by atoms with van der Waals surface area (Å²) >= 11 is 0. The molecule has 0 amide bonds. The molecule has 0 radical (unpaired) electrons. The second kappa shape index (κ2) is 5.72. The quantitative estimate of drug-likeness (QED) is 0.597. The lowest BCUT2D eigenvalue weighted by Crippen LogP contribution is -2.43. The molecule has 0 spiro atoms. The lowest BCUT2D eigenvalue weighted by atomic mass is 10.1. The highest BCUT2D eigenvalue weighted by molar-refractivity contribution is 6.74. The molecule has 1 heterocycles. The zero-order valence-corrected chi connectivity index (χ0v) is 15.1. The van der Waals surface area contributed by atoms with Crippen LogP contribution in [0.3, 0.4) is 0 Å². The van der Waals surface area contributed by atoms with E-state index in [4.69, 9.17) is 8.95 Å². The van der Waals surface area contributed by atoms with Gasteiger partial charge in [0.25, 0.3) is 0 Å². The van der Waals surface area contributed by atoms with Crippen molar-refractivity contribution in [3.63, 3.8) is 0 Å². The van der Waals surface area contributed by atoms with E-state index < -0.39 is 8.32 Å². The molecule has 0 atom stereocenters. The van der Waals surface area contributed by atoms with E-state index in [0.29, 0.717) is 17.0 Å². The third kappa shape index (κ3) is 3.14. The zero-order chi connectivity index (χ0) is 16.5. The molecule has 1 aromatic heterocycles. The Kier molecular flexibility index (Phi) is 4.29. The van der Waals surface area contributed by atoms with Crippen LogP contribution in [0.5, 0.6) is 5.75 Å². The maximum absolute atomic E-state index is 11.1. The van der Waals surface area contributed by atoms with Gasteiger partial charge in [-0.3, -0.25) is 4.79 Å². The molecular weight excluding hydrogens is 294 g/mol. The van der Waals surface area contributed by atoms with E-state index in [9.17, 15) is 4.79 Å². The smallest absolute Gasteiger partial charge is 0.250 e. The SMILES string of the molecule is Cc1noc(-c2ccc(O[Si](C)(C)C(C)(C)C)cc2)c1C=O. The van der Waals surface area contributed by atoms with E-state index in [1.54, 1.807) is 6.92 Å². The summed E-state index contributed by atoms with van der Waals surface area (Å²) in [6.07, 6.45) is 0.779. The molecule has 0 saturated heterocycles. The first kappa shape index (κ1) is 16.5. The van der Waals surface area contributed by atoms with Gasteiger partial charge in [0.05, 0.1) is 11.3 Å². The lowest BCUT2D eigenvalue weighted by molar-refractivity contribution is 0.112. The molecule has 5 heteroatoms. The van der Waals surface area contributed by atoms with Gasteiger partial charge in [-0.05, 0) is 49.3 Å². The van der Waals surface area contributed by atoms with Gasteiger partial charge in [0.1, 0.15) is 5.75 Å². The number of aromatic nitrogens is 1. The Hall–Kier alpha value is -1.88. The first-order valence-electron chi connectivity index (χ1n) is 7.36. The Labute approximate surface area is 132 Å². The van der Waals surface area contributed by atoms with Gasteiger partial charge >= 0.3 is 0 Å². The van der Waals surface area contributed by atoms with Crippen LogP contribution in [-0.4, -0.2) is 19.8 Å². The molecule has 1 aromatic carbocycles. The minimum atomic E-state index is -1.85. The molecule has 0 aliphatic rings. The average Bonchev–Trinajstić information content (AvgIpc) is 2.79. The molecule has 0 bridgehead atoms. The Morgan fingerprint density at radius 3 is 2.27 bits per heavy atom. The topological polar surface area (TPSA) is 52.3 Å². The number of hydrogen-bond acceptors (Lipinski definition) is 4. The highest BCUT2D eigenvalue weighted by Gasteiger charge is 2.38. The van der Waals surface area contributed by atoms with Crippen molar-refractivity contribution in [2.24, 2.45) is 0 Å². The Morgan fingerprint density at radius 2 is 1.77 bits per heavy atom. The average molecular weight is 317 g/mol. The van der Waals surface area contributed by atoms with Crippen LogP contribution in [0.25, 0.3) is 11.3 Å². The standard InChI is InChI=1S/C17H23NO3Si/c1-12-15(11-19)16(20-18-12)13-7-9-14(10-8-13)21-22(5,6)17(2,3)4/h7-11H,1-6H3. The summed E-state index contributed by atoms with van der Waals surface area (Å²) in [4.78, 5) is 11.1. The molecule has 0 fully saturated rings. The van der Waals surface area contributed by atoms with Crippen LogP contribution in [0.2, 0.25) is 18.1 Å². The van der Waals surface area contributed by atoms with Crippen LogP contribution in [0.4, 0.5) is 0 Å². The molecule has 0 unspecified atom stereocenters. The van der Waals surface area contributed by atoms with Crippen molar-refractivity contribution in [2.75, 3.05) is 0 Å². The Bertz CT molecular complexity index is 666. The summed E-state index contributed by atoms with van der Waals surface area (Å²) < 4.78 is 11.5. The fourth-order valence-electron chi connectivity index (χ4n) is 1.85. The molecule has 2 aromatic rings. The minimum absolute atomic E-state index is 0.151. The lowest BCUT2D eigenvalue weighted by Gasteiger charge is -2.36. The number of carbonyl (C=O) groups excluding carboxylic acids is 1. The van der Waals surface area contributed by atoms with Gasteiger partial charge in [-0.15, -0.1) is 0 Å². The Morgan fingerprint density at radius 1 is 1.18 bits per heavy atom. The predicted molar refractivity (Wildman–Crippen MR) is 89.9 cm³/mol. The first-order valence-corrected chi connectivity index (χ1v) is 10.3. The second-order valence-corrected chi connectivity index (χ2v) is 11.7. The maximum Gasteiger partial charge on any atom is 0.250 e. The van der Waals surface area contributed by atoms with Crippen molar-refractivity contribution >= 4 is 14.6 Å². The summed E-state index contributed by atoms with van der Waals surface area (Å²) in [5.74, 6) is 1.35. The van der Waals surface area contributed by atoms with Crippen LogP contribution in [0.15, 0.2) is 28.8 Å². The summed E-state index contributed by atoms with van der Waals surface area (Å²) in [5, 5.41) is 4.00. The maximum atomic E-state index is 11.1. The molecule has 4 nitrogen and oxygen atoms in total. The molecule has 0 aliphatic carbocycles. The van der Waals surface area contributed by atoms with E-state index in [1.165, 1.54) is 0 Å². The fourth-order valence-corrected chi connectivity index (χ4v) is 2.88. The number of rotatable bonds is 4. The van der Waals surface area contributed by atoms with Crippen molar-refractivity contribution in [3.05, 3.63) is 35.5 Å². The molecule has 0 saturated carbocycles. The van der Waals surface area contributed by atoms with Crippen LogP contribution in [0, 0.1) is 6.92 Å². The normalized spacial score (nSPS) is 12.3. The number of hydrogen-bond donors (Lipinski definition) is 0. The highest BCUT2D eigenvalue weighted by atomic mass is 28.4. The van der Waals surface area contributed by atoms with Crippen molar-refractivity contribution in [3.8, 4) is 17.1 Å². The molecule has 2 rings (SSSR count). The van der Waals surface area contributed by atoms with Gasteiger partial charge < -0.3 is 8.95 Å². The van der Waals surface area contributed by atoms with Gasteiger partial charge in [0, 0.05) is 5.56 Å². The minimum Gasteiger partial charge on any atom is -0.544 e. The number of aryl methyl sites for hydroxylation is 1. The molecule has 118 valence electrons. The monoisotopic (exact) mass is 317 g/mol. The molecular formula is C17H23NO3Si. The van der Waals surface area contributed by atoms with Gasteiger partial charge in [-0.2, -0.15) is 0 Å². The van der Waals surface area contributed by atoms with E-state index in [-0.39, 0.29) is 5.04 Å². The van der Waals surface area contributed by atoms with Gasteiger partial charge in [0.2, 0.25) is 8.32 Å². The van der Waals surface area contributed by atoms with Crippen LogP contribution in [0.1, 0.15) is 36.8 Å². The number of nitrogens with zero attached hydrogens (tertiary/aromatic N) is 1. The van der Waals surface area contributed by atoms with E-state index in [2.05, 4.69) is 39.0 Å². The summed E-state index contributed by atoms with van der Waals surface area (Å²) in [7, 11) is -1.85. The fraction of sp³-hybridized carbons (Fsp3) is 0.412. The zero-order valence-electron chi connectivity index (χ0n) is 14.1. The van der Waals surface area contributed by atoms with Crippen molar-refractivity contribution in [2.45, 2.75) is 45.8 Å². The number of carbonyl (C=O) groups is 1. The van der Waals surface area contributed by atoms with Crippen LogP contribution in [-0.2, 0) is 0 Å². The summed E-state index contributed by atoms with van der Waals surface area (Å²) in [6, 6.07) is 7.63. The van der Waals surface area contributed by atoms with Crippen molar-refractivity contribution < 1.29 is 13.7 Å². The van der Waals surface area contributed by atoms with Gasteiger partial charge in [-0.1, -0.05) is 25.9 Å². The largest absolute Gasteiger partial charge is 0.544 e. The summed E-state index contributed by atoms with van der Waals surface area (Å²) in [6.45, 7) is 12.8. The van der Waals surface area contributed by atoms with Gasteiger partial charge in [0.15, 0.2) is 12.0 Å². The second-order valence-electron chi connectivity index (χ2n) is 7.02. The van der Waals surface area contributed by atoms with Crippen molar-refractivity contribution in [1.29, 1.82) is 0 Å². The van der Waals surface area contributed by atoms with E-state index >= 15 is 0 Å². The van der Waals surface area contributed by atoms with E-state index in [0.717, 1.165) is 17.6 Å². The first-order chi connectivity index (χ1) is 10.2. The number of benzene rings is 1. The highest BCUT2D eigenvalue weighted by Crippen LogP contribution is 2.37.